The van der Waals surface area contributed by atoms with Crippen LogP contribution in [0.4, 0.5) is 0 Å². The fraction of sp³-hybridized carbons (Fsp3) is 0.579. The van der Waals surface area contributed by atoms with Gasteiger partial charge in [-0.2, -0.15) is 0 Å². The summed E-state index contributed by atoms with van der Waals surface area (Å²) in [5.41, 5.74) is 0.309. The Kier molecular flexibility index (Phi) is 8.81. The number of nitrogens with one attached hydrogen (secondary N) is 1. The number of amides is 1. The van der Waals surface area contributed by atoms with Crippen LogP contribution >= 0.6 is 0 Å². The van der Waals surface area contributed by atoms with E-state index in [0.29, 0.717) is 36.1 Å². The highest BCUT2D eigenvalue weighted by molar-refractivity contribution is 5.92. The summed E-state index contributed by atoms with van der Waals surface area (Å²) < 4.78 is 16.2. The van der Waals surface area contributed by atoms with Crippen LogP contribution in [-0.2, 0) is 9.53 Å². The van der Waals surface area contributed by atoms with E-state index in [1.807, 2.05) is 6.92 Å². The molecule has 6 heteroatoms. The number of benzene rings is 1. The quantitative estimate of drug-likeness (QED) is 0.655. The third-order valence-electron chi connectivity index (χ3n) is 3.55. The van der Waals surface area contributed by atoms with E-state index in [9.17, 15) is 9.59 Å². The van der Waals surface area contributed by atoms with Crippen LogP contribution < -0.4 is 14.8 Å². The van der Waals surface area contributed by atoms with Crippen molar-refractivity contribution >= 4 is 11.9 Å². The lowest BCUT2D eigenvalue weighted by atomic mass is 10.1. The van der Waals surface area contributed by atoms with Gasteiger partial charge in [-0.05, 0) is 43.9 Å². The second kappa shape index (κ2) is 10.6. The first kappa shape index (κ1) is 20.8. The predicted octanol–water partition coefficient (Wildman–Crippen LogP) is 3.19. The lowest BCUT2D eigenvalue weighted by Gasteiger charge is -2.15. The van der Waals surface area contributed by atoms with Crippen LogP contribution in [0.25, 0.3) is 0 Å². The normalized spacial score (nSPS) is 11.8. The minimum atomic E-state index is -0.855. The summed E-state index contributed by atoms with van der Waals surface area (Å²) in [6.07, 6.45) is 0.895. The van der Waals surface area contributed by atoms with Crippen molar-refractivity contribution in [1.29, 1.82) is 0 Å². The van der Waals surface area contributed by atoms with Gasteiger partial charge in [-0.3, -0.25) is 4.79 Å². The van der Waals surface area contributed by atoms with Crippen molar-refractivity contribution in [3.8, 4) is 11.5 Å². The van der Waals surface area contributed by atoms with Crippen molar-refractivity contribution in [2.45, 2.75) is 46.6 Å². The average molecular weight is 351 g/mol. The first-order valence-electron chi connectivity index (χ1n) is 8.68. The van der Waals surface area contributed by atoms with Crippen LogP contribution in [0.2, 0.25) is 0 Å². The molecule has 25 heavy (non-hydrogen) atoms. The highest BCUT2D eigenvalue weighted by atomic mass is 16.5. The van der Waals surface area contributed by atoms with Crippen LogP contribution in [0.15, 0.2) is 18.2 Å². The maximum atomic E-state index is 12.2. The first-order chi connectivity index (χ1) is 11.9. The second-order valence-electron chi connectivity index (χ2n) is 6.24. The van der Waals surface area contributed by atoms with E-state index in [2.05, 4.69) is 19.2 Å². The van der Waals surface area contributed by atoms with Crippen LogP contribution in [0, 0.1) is 5.92 Å². The van der Waals surface area contributed by atoms with E-state index in [1.54, 1.807) is 25.1 Å². The zero-order valence-electron chi connectivity index (χ0n) is 15.8. The third kappa shape index (κ3) is 7.03. The molecular formula is C19H29NO5. The Hall–Kier alpha value is -2.24. The van der Waals surface area contributed by atoms with Gasteiger partial charge in [0.1, 0.15) is 0 Å². The zero-order valence-corrected chi connectivity index (χ0v) is 15.8. The van der Waals surface area contributed by atoms with Crippen LogP contribution in [-0.4, -0.2) is 38.2 Å². The number of rotatable bonds is 10. The van der Waals surface area contributed by atoms with E-state index < -0.39 is 12.1 Å². The molecule has 1 atom stereocenters. The fourth-order valence-corrected chi connectivity index (χ4v) is 1.99. The standard InChI is InChI=1S/C19H29NO5/c1-6-10-20-18(21)14(4)25-19(22)15-7-8-16(17(12-15)23-5)24-11-9-13(2)3/h7-8,12-14H,6,9-11H2,1-5H3,(H,20,21). The lowest BCUT2D eigenvalue weighted by molar-refractivity contribution is -0.129. The molecule has 0 aliphatic carbocycles. The Morgan fingerprint density at radius 1 is 1.16 bits per heavy atom. The molecule has 0 heterocycles. The van der Waals surface area contributed by atoms with Crippen LogP contribution in [0.5, 0.6) is 11.5 Å². The molecule has 140 valence electrons. The number of methoxy groups -OCH3 is 1. The maximum Gasteiger partial charge on any atom is 0.339 e. The fourth-order valence-electron chi connectivity index (χ4n) is 1.99. The van der Waals surface area contributed by atoms with Gasteiger partial charge in [-0.15, -0.1) is 0 Å². The van der Waals surface area contributed by atoms with E-state index in [-0.39, 0.29) is 5.91 Å². The van der Waals surface area contributed by atoms with Crippen molar-refractivity contribution in [1.82, 2.24) is 5.32 Å². The Labute approximate surface area is 149 Å². The molecule has 0 fully saturated rings. The summed E-state index contributed by atoms with van der Waals surface area (Å²) in [6.45, 7) is 8.87. The largest absolute Gasteiger partial charge is 0.493 e. The Morgan fingerprint density at radius 2 is 1.88 bits per heavy atom. The number of esters is 1. The van der Waals surface area contributed by atoms with Gasteiger partial charge in [-0.25, -0.2) is 4.79 Å². The van der Waals surface area contributed by atoms with Crippen LogP contribution in [0.3, 0.4) is 0 Å². The Bertz CT molecular complexity index is 571. The van der Waals surface area contributed by atoms with Gasteiger partial charge in [0.25, 0.3) is 5.91 Å². The van der Waals surface area contributed by atoms with Crippen molar-refractivity contribution < 1.29 is 23.8 Å². The summed E-state index contributed by atoms with van der Waals surface area (Å²) in [7, 11) is 1.51. The van der Waals surface area contributed by atoms with Gasteiger partial charge in [0.2, 0.25) is 0 Å². The number of ether oxygens (including phenoxy) is 3. The molecule has 1 aromatic carbocycles. The smallest absolute Gasteiger partial charge is 0.339 e. The molecule has 6 nitrogen and oxygen atoms in total. The molecule has 0 radical (unpaired) electrons. The summed E-state index contributed by atoms with van der Waals surface area (Å²) in [6, 6.07) is 4.84. The second-order valence-corrected chi connectivity index (χ2v) is 6.24. The van der Waals surface area contributed by atoms with Gasteiger partial charge in [-0.1, -0.05) is 20.8 Å². The molecule has 0 bridgehead atoms. The topological polar surface area (TPSA) is 73.9 Å². The molecule has 1 rings (SSSR count). The molecule has 1 amide bonds. The molecule has 0 aliphatic heterocycles. The molecule has 0 spiro atoms. The summed E-state index contributed by atoms with van der Waals surface area (Å²) >= 11 is 0. The summed E-state index contributed by atoms with van der Waals surface area (Å²) in [4.78, 5) is 24.0. The zero-order chi connectivity index (χ0) is 18.8. The summed E-state index contributed by atoms with van der Waals surface area (Å²) in [5.74, 6) is 0.692. The molecule has 0 aromatic heterocycles. The van der Waals surface area contributed by atoms with Crippen molar-refractivity contribution in [2.75, 3.05) is 20.3 Å². The lowest BCUT2D eigenvalue weighted by Crippen LogP contribution is -2.36. The van der Waals surface area contributed by atoms with Crippen molar-refractivity contribution in [2.24, 2.45) is 5.92 Å². The van der Waals surface area contributed by atoms with Gasteiger partial charge < -0.3 is 19.5 Å². The van der Waals surface area contributed by atoms with Gasteiger partial charge >= 0.3 is 5.97 Å². The van der Waals surface area contributed by atoms with E-state index in [0.717, 1.165) is 12.8 Å². The molecule has 0 saturated heterocycles. The third-order valence-corrected chi connectivity index (χ3v) is 3.55. The molecule has 0 aliphatic rings. The maximum absolute atomic E-state index is 12.2. The average Bonchev–Trinajstić information content (AvgIpc) is 2.59. The number of hydrogen-bond acceptors (Lipinski definition) is 5. The van der Waals surface area contributed by atoms with Gasteiger partial charge in [0.15, 0.2) is 17.6 Å². The molecule has 1 unspecified atom stereocenters. The Morgan fingerprint density at radius 3 is 2.48 bits per heavy atom. The number of hydrogen-bond donors (Lipinski definition) is 1. The Balaban J connectivity index is 2.71. The molecule has 1 aromatic rings. The van der Waals surface area contributed by atoms with E-state index in [4.69, 9.17) is 14.2 Å². The minimum absolute atomic E-state index is 0.309. The number of carbonyl (C=O) groups excluding carboxylic acids is 2. The molecular weight excluding hydrogens is 322 g/mol. The first-order valence-corrected chi connectivity index (χ1v) is 8.68. The van der Waals surface area contributed by atoms with E-state index >= 15 is 0 Å². The van der Waals surface area contributed by atoms with Crippen LogP contribution in [0.1, 0.15) is 50.9 Å². The van der Waals surface area contributed by atoms with Gasteiger partial charge in [0, 0.05) is 6.54 Å². The van der Waals surface area contributed by atoms with Gasteiger partial charge in [0.05, 0.1) is 19.3 Å². The van der Waals surface area contributed by atoms with E-state index in [1.165, 1.54) is 7.11 Å². The molecule has 0 saturated carbocycles. The van der Waals surface area contributed by atoms with Crippen molar-refractivity contribution in [3.05, 3.63) is 23.8 Å². The molecule has 1 N–H and O–H groups in total. The number of carbonyl (C=O) groups is 2. The predicted molar refractivity (Wildman–Crippen MR) is 96.1 cm³/mol. The van der Waals surface area contributed by atoms with Crippen molar-refractivity contribution in [3.63, 3.8) is 0 Å². The highest BCUT2D eigenvalue weighted by Crippen LogP contribution is 2.28. The highest BCUT2D eigenvalue weighted by Gasteiger charge is 2.19. The minimum Gasteiger partial charge on any atom is -0.493 e. The monoisotopic (exact) mass is 351 g/mol. The SMILES string of the molecule is CCCNC(=O)C(C)OC(=O)c1ccc(OCCC(C)C)c(OC)c1. The summed E-state index contributed by atoms with van der Waals surface area (Å²) in [5, 5.41) is 2.69.